The smallest absolute Gasteiger partial charge is 0.0480 e. The van der Waals surface area contributed by atoms with Gasteiger partial charge in [0.25, 0.3) is 0 Å². The predicted molar refractivity (Wildman–Crippen MR) is 91.6 cm³/mol. The summed E-state index contributed by atoms with van der Waals surface area (Å²) in [5, 5.41) is 3.78. The zero-order valence-corrected chi connectivity index (χ0v) is 13.6. The van der Waals surface area contributed by atoms with Crippen LogP contribution in [0.4, 0.5) is 5.69 Å². The fraction of sp³-hybridized carbons (Fsp3) is 0.556. The number of nitrogens with one attached hydrogen (secondary N) is 1. The average molecular weight is 289 g/mol. The van der Waals surface area contributed by atoms with Gasteiger partial charge in [-0.1, -0.05) is 38.5 Å². The minimum absolute atomic E-state index is 0.521. The highest BCUT2D eigenvalue weighted by Gasteiger charge is 2.24. The van der Waals surface area contributed by atoms with E-state index in [1.54, 1.807) is 0 Å². The first-order valence-electron chi connectivity index (χ1n) is 7.70. The van der Waals surface area contributed by atoms with Crippen LogP contribution >= 0.6 is 11.8 Å². The van der Waals surface area contributed by atoms with Gasteiger partial charge in [0.05, 0.1) is 0 Å². The molecule has 0 radical (unpaired) electrons. The van der Waals surface area contributed by atoms with E-state index in [9.17, 15) is 0 Å². The molecular formula is C18H27NS. The van der Waals surface area contributed by atoms with Crippen molar-refractivity contribution >= 4 is 17.4 Å². The van der Waals surface area contributed by atoms with Gasteiger partial charge in [-0.2, -0.15) is 0 Å². The molecule has 1 unspecified atom stereocenters. The monoisotopic (exact) mass is 289 g/mol. The number of para-hydroxylation sites is 1. The number of rotatable bonds is 5. The first kappa shape index (κ1) is 15.5. The van der Waals surface area contributed by atoms with Crippen molar-refractivity contribution in [2.45, 2.75) is 56.9 Å². The maximum absolute atomic E-state index is 3.81. The number of benzene rings is 1. The standard InChI is InChI=1S/C18H27NS/c1-4-14-20-17-10-6-5-9-16(17)19-15-8-7-12-18(2,3)13-11-15/h4-6,9-10,15,19H,1,7-8,11-14H2,2-3H3. The molecule has 0 spiro atoms. The van der Waals surface area contributed by atoms with E-state index < -0.39 is 0 Å². The summed E-state index contributed by atoms with van der Waals surface area (Å²) in [6.45, 7) is 8.62. The van der Waals surface area contributed by atoms with E-state index in [1.807, 2.05) is 17.8 Å². The lowest BCUT2D eigenvalue weighted by Crippen LogP contribution is -2.19. The number of thioether (sulfide) groups is 1. The summed E-state index contributed by atoms with van der Waals surface area (Å²) in [5.41, 5.74) is 1.82. The molecule has 0 bridgehead atoms. The van der Waals surface area contributed by atoms with E-state index in [0.717, 1.165) is 5.75 Å². The second-order valence-corrected chi connectivity index (χ2v) is 7.59. The van der Waals surface area contributed by atoms with Crippen LogP contribution in [0.5, 0.6) is 0 Å². The van der Waals surface area contributed by atoms with Crippen molar-refractivity contribution in [2.75, 3.05) is 11.1 Å². The zero-order chi connectivity index (χ0) is 14.4. The maximum atomic E-state index is 3.81. The van der Waals surface area contributed by atoms with E-state index in [0.29, 0.717) is 11.5 Å². The molecule has 1 aromatic rings. The largest absolute Gasteiger partial charge is 0.381 e. The molecule has 1 aliphatic carbocycles. The van der Waals surface area contributed by atoms with Gasteiger partial charge in [-0.25, -0.2) is 0 Å². The molecule has 0 aliphatic heterocycles. The summed E-state index contributed by atoms with van der Waals surface area (Å²) in [7, 11) is 0. The van der Waals surface area contributed by atoms with Crippen molar-refractivity contribution in [1.29, 1.82) is 0 Å². The van der Waals surface area contributed by atoms with Crippen LogP contribution in [-0.2, 0) is 0 Å². The molecule has 0 amide bonds. The van der Waals surface area contributed by atoms with Gasteiger partial charge in [-0.05, 0) is 43.2 Å². The normalized spacial score (nSPS) is 22.0. The fourth-order valence-electron chi connectivity index (χ4n) is 2.89. The third-order valence-electron chi connectivity index (χ3n) is 4.18. The topological polar surface area (TPSA) is 12.0 Å². The molecule has 1 nitrogen and oxygen atoms in total. The molecule has 1 fully saturated rings. The second-order valence-electron chi connectivity index (χ2n) is 6.53. The Morgan fingerprint density at radius 1 is 1.30 bits per heavy atom. The molecule has 0 aromatic heterocycles. The van der Waals surface area contributed by atoms with E-state index in [1.165, 1.54) is 42.7 Å². The van der Waals surface area contributed by atoms with Crippen molar-refractivity contribution in [3.05, 3.63) is 36.9 Å². The Kier molecular flexibility index (Phi) is 5.59. The van der Waals surface area contributed by atoms with Gasteiger partial charge in [0, 0.05) is 22.4 Å². The molecule has 0 saturated heterocycles. The molecule has 0 heterocycles. The van der Waals surface area contributed by atoms with Crippen LogP contribution in [0.15, 0.2) is 41.8 Å². The van der Waals surface area contributed by atoms with E-state index in [2.05, 4.69) is 50.0 Å². The summed E-state index contributed by atoms with van der Waals surface area (Å²) in [5.74, 6) is 0.969. The average Bonchev–Trinajstić information content (AvgIpc) is 2.59. The molecule has 1 aliphatic rings. The summed E-state index contributed by atoms with van der Waals surface area (Å²) in [4.78, 5) is 1.34. The lowest BCUT2D eigenvalue weighted by atomic mass is 9.85. The van der Waals surface area contributed by atoms with Gasteiger partial charge in [-0.3, -0.25) is 0 Å². The minimum atomic E-state index is 0.521. The molecule has 1 atom stereocenters. The number of anilines is 1. The number of hydrogen-bond acceptors (Lipinski definition) is 2. The van der Waals surface area contributed by atoms with Crippen LogP contribution in [-0.4, -0.2) is 11.8 Å². The van der Waals surface area contributed by atoms with Crippen LogP contribution in [0.25, 0.3) is 0 Å². The van der Waals surface area contributed by atoms with Gasteiger partial charge in [-0.15, -0.1) is 18.3 Å². The van der Waals surface area contributed by atoms with Gasteiger partial charge < -0.3 is 5.32 Å². The second kappa shape index (κ2) is 7.21. The van der Waals surface area contributed by atoms with Crippen LogP contribution in [0.2, 0.25) is 0 Å². The molecule has 1 aromatic carbocycles. The van der Waals surface area contributed by atoms with Gasteiger partial charge >= 0.3 is 0 Å². The third-order valence-corrected chi connectivity index (χ3v) is 5.25. The Morgan fingerprint density at radius 3 is 2.90 bits per heavy atom. The Morgan fingerprint density at radius 2 is 2.10 bits per heavy atom. The minimum Gasteiger partial charge on any atom is -0.381 e. The highest BCUT2D eigenvalue weighted by molar-refractivity contribution is 7.99. The quantitative estimate of drug-likeness (QED) is 0.421. The Balaban J connectivity index is 2.00. The van der Waals surface area contributed by atoms with E-state index in [4.69, 9.17) is 0 Å². The van der Waals surface area contributed by atoms with Gasteiger partial charge in [0.2, 0.25) is 0 Å². The first-order valence-corrected chi connectivity index (χ1v) is 8.68. The van der Waals surface area contributed by atoms with Crippen molar-refractivity contribution in [3.8, 4) is 0 Å². The van der Waals surface area contributed by atoms with E-state index in [-0.39, 0.29) is 0 Å². The van der Waals surface area contributed by atoms with Gasteiger partial charge in [0.1, 0.15) is 0 Å². The fourth-order valence-corrected chi connectivity index (χ4v) is 3.64. The molecule has 110 valence electrons. The van der Waals surface area contributed by atoms with Crippen LogP contribution in [0.3, 0.4) is 0 Å². The Bertz CT molecular complexity index is 439. The lowest BCUT2D eigenvalue weighted by molar-refractivity contribution is 0.313. The molecule has 20 heavy (non-hydrogen) atoms. The first-order chi connectivity index (χ1) is 9.61. The lowest BCUT2D eigenvalue weighted by Gasteiger charge is -2.23. The highest BCUT2D eigenvalue weighted by Crippen LogP contribution is 2.36. The van der Waals surface area contributed by atoms with Gasteiger partial charge in [0.15, 0.2) is 0 Å². The summed E-state index contributed by atoms with van der Waals surface area (Å²) in [6.07, 6.45) is 8.57. The van der Waals surface area contributed by atoms with Crippen molar-refractivity contribution in [1.82, 2.24) is 0 Å². The summed E-state index contributed by atoms with van der Waals surface area (Å²) < 4.78 is 0. The van der Waals surface area contributed by atoms with Crippen LogP contribution < -0.4 is 5.32 Å². The molecule has 1 saturated carbocycles. The molecule has 2 rings (SSSR count). The maximum Gasteiger partial charge on any atom is 0.0480 e. The SMILES string of the molecule is C=CCSc1ccccc1NC1CCCC(C)(C)CC1. The van der Waals surface area contributed by atoms with Crippen molar-refractivity contribution < 1.29 is 0 Å². The third kappa shape index (κ3) is 4.59. The Labute approximate surface area is 128 Å². The number of hydrogen-bond donors (Lipinski definition) is 1. The van der Waals surface area contributed by atoms with Crippen molar-refractivity contribution in [3.63, 3.8) is 0 Å². The summed E-state index contributed by atoms with van der Waals surface area (Å²) >= 11 is 1.86. The molecule has 1 N–H and O–H groups in total. The highest BCUT2D eigenvalue weighted by atomic mass is 32.2. The summed E-state index contributed by atoms with van der Waals surface area (Å²) in [6, 6.07) is 9.29. The van der Waals surface area contributed by atoms with Crippen LogP contribution in [0, 0.1) is 5.41 Å². The van der Waals surface area contributed by atoms with Crippen molar-refractivity contribution in [2.24, 2.45) is 5.41 Å². The zero-order valence-electron chi connectivity index (χ0n) is 12.8. The van der Waals surface area contributed by atoms with E-state index >= 15 is 0 Å². The molecule has 2 heteroatoms. The molecular weight excluding hydrogens is 262 g/mol. The Hall–Kier alpha value is -0.890. The predicted octanol–water partition coefficient (Wildman–Crippen LogP) is 5.74. The van der Waals surface area contributed by atoms with Crippen LogP contribution in [0.1, 0.15) is 46.0 Å².